The van der Waals surface area contributed by atoms with Crippen molar-refractivity contribution in [3.63, 3.8) is 0 Å². The third kappa shape index (κ3) is 9.69. The Balaban J connectivity index is 0.000000168. The van der Waals surface area contributed by atoms with E-state index < -0.39 is 0 Å². The number of halogens is 1. The highest BCUT2D eigenvalue weighted by molar-refractivity contribution is 9.10. The lowest BCUT2D eigenvalue weighted by Crippen LogP contribution is -2.24. The summed E-state index contributed by atoms with van der Waals surface area (Å²) in [5.74, 6) is 1.03. The van der Waals surface area contributed by atoms with Gasteiger partial charge in [-0.15, -0.1) is 0 Å². The number of nitrogens with zero attached hydrogens (tertiary/aromatic N) is 4. The first-order valence-corrected chi connectivity index (χ1v) is 22.4. The number of fused-ring (bicyclic) bond motifs is 2. The average Bonchev–Trinajstić information content (AvgIpc) is 3.70. The summed E-state index contributed by atoms with van der Waals surface area (Å²) in [6.45, 7) is 22.0. The lowest BCUT2D eigenvalue weighted by molar-refractivity contribution is 0.441. The summed E-state index contributed by atoms with van der Waals surface area (Å²) < 4.78 is 5.51. The van der Waals surface area contributed by atoms with Gasteiger partial charge in [-0.05, 0) is 156 Å². The molecule has 6 nitrogen and oxygen atoms in total. The van der Waals surface area contributed by atoms with Crippen LogP contribution in [0.5, 0.6) is 0 Å². The van der Waals surface area contributed by atoms with Crippen molar-refractivity contribution in [2.75, 3.05) is 5.32 Å². The number of aromatic nitrogens is 4. The van der Waals surface area contributed by atoms with Crippen molar-refractivity contribution < 1.29 is 0 Å². The smallest absolute Gasteiger partial charge is 0.204 e. The fourth-order valence-electron chi connectivity index (χ4n) is 9.50. The molecule has 0 aliphatic heterocycles. The highest BCUT2D eigenvalue weighted by atomic mass is 79.9. The minimum absolute atomic E-state index is 0.367. The normalized spacial score (nSPS) is 15.2. The van der Waals surface area contributed by atoms with Crippen molar-refractivity contribution >= 4 is 43.9 Å². The van der Waals surface area contributed by atoms with Crippen molar-refractivity contribution in [1.29, 1.82) is 0 Å². The van der Waals surface area contributed by atoms with E-state index in [0.29, 0.717) is 24.2 Å². The van der Waals surface area contributed by atoms with Gasteiger partial charge in [0.1, 0.15) is 0 Å². The second-order valence-electron chi connectivity index (χ2n) is 17.5. The second-order valence-corrected chi connectivity index (χ2v) is 18.2. The summed E-state index contributed by atoms with van der Waals surface area (Å²) in [7, 11) is 0. The standard InChI is InChI=1S/C25H33N3.C19H21BrN2.C6H13N/c1-16(2)28-22-13-9-12-21(23-18(4)14-17(3)15-19(23)5)24(22)27-25(28)26-20-10-7-6-8-11-20;1-11(2)22-16-8-6-7-15(18(16)21-19(22)20)17-13(4)9-12(3)10-14(17)5;7-6-4-2-1-3-5-6/h9,12-16,20H,6-8,10-11H2,1-5H3,(H,26,27);6-11H,1-5H3;6H,1-5,7H2. The Labute approximate surface area is 351 Å². The molecule has 2 aromatic heterocycles. The lowest BCUT2D eigenvalue weighted by atomic mass is 9.93. The molecule has 6 aromatic rings. The summed E-state index contributed by atoms with van der Waals surface area (Å²) in [5, 5.41) is 3.79. The van der Waals surface area contributed by atoms with Crippen molar-refractivity contribution in [1.82, 2.24) is 19.1 Å². The Morgan fingerprint density at radius 2 is 1.02 bits per heavy atom. The maximum absolute atomic E-state index is 5.63. The molecule has 7 heteroatoms. The molecule has 2 heterocycles. The van der Waals surface area contributed by atoms with Gasteiger partial charge in [-0.25, -0.2) is 9.97 Å². The number of nitrogens with one attached hydrogen (secondary N) is 1. The predicted octanol–water partition coefficient (Wildman–Crippen LogP) is 14.2. The number of hydrogen-bond acceptors (Lipinski definition) is 4. The van der Waals surface area contributed by atoms with E-state index in [2.05, 4.69) is 160 Å². The molecule has 3 N–H and O–H groups in total. The van der Waals surface area contributed by atoms with Crippen molar-refractivity contribution in [3.05, 3.63) is 98.8 Å². The van der Waals surface area contributed by atoms with Crippen LogP contribution >= 0.6 is 15.9 Å². The van der Waals surface area contributed by atoms with Gasteiger partial charge in [-0.2, -0.15) is 0 Å². The number of imidazole rings is 2. The molecule has 0 atom stereocenters. The summed E-state index contributed by atoms with van der Waals surface area (Å²) in [5.41, 5.74) is 23.2. The molecule has 4 aromatic carbocycles. The highest BCUT2D eigenvalue weighted by Gasteiger charge is 2.22. The topological polar surface area (TPSA) is 73.7 Å². The highest BCUT2D eigenvalue weighted by Crippen LogP contribution is 2.38. The summed E-state index contributed by atoms with van der Waals surface area (Å²) in [4.78, 5) is 9.96. The molecule has 0 spiro atoms. The SMILES string of the molecule is Cc1cc(C)c(-c2cccc3c2nc(Br)n3C(C)C)c(C)c1.Cc1cc(C)c(-c2cccc3c2nc(NC2CCCCC2)n3C(C)C)c(C)c1.NC1CCCCC1. The number of hydrogen-bond donors (Lipinski definition) is 2. The Morgan fingerprint density at radius 3 is 1.44 bits per heavy atom. The fraction of sp³-hybridized carbons (Fsp3) is 0.480. The van der Waals surface area contributed by atoms with E-state index in [1.54, 1.807) is 0 Å². The molecule has 0 bridgehead atoms. The number of benzene rings is 4. The third-order valence-corrected chi connectivity index (χ3v) is 12.5. The molecule has 0 radical (unpaired) electrons. The van der Waals surface area contributed by atoms with Gasteiger partial charge in [0.15, 0.2) is 4.73 Å². The van der Waals surface area contributed by atoms with Crippen molar-refractivity contribution in [2.45, 2.75) is 158 Å². The molecule has 57 heavy (non-hydrogen) atoms. The van der Waals surface area contributed by atoms with Gasteiger partial charge < -0.3 is 20.2 Å². The molecule has 304 valence electrons. The van der Waals surface area contributed by atoms with E-state index >= 15 is 0 Å². The molecular formula is C50H67BrN6. The van der Waals surface area contributed by atoms with E-state index in [1.165, 1.54) is 131 Å². The zero-order chi connectivity index (χ0) is 41.0. The monoisotopic (exact) mass is 830 g/mol. The van der Waals surface area contributed by atoms with Crippen molar-refractivity contribution in [3.8, 4) is 22.3 Å². The van der Waals surface area contributed by atoms with E-state index in [9.17, 15) is 0 Å². The Bertz CT molecular complexity index is 2250. The molecule has 2 aliphatic carbocycles. The summed E-state index contributed by atoms with van der Waals surface area (Å²) >= 11 is 3.62. The van der Waals surface area contributed by atoms with E-state index in [-0.39, 0.29) is 0 Å². The van der Waals surface area contributed by atoms with Gasteiger partial charge in [-0.3, -0.25) is 0 Å². The lowest BCUT2D eigenvalue weighted by Gasteiger charge is -2.24. The molecular weight excluding hydrogens is 764 g/mol. The molecule has 0 amide bonds. The van der Waals surface area contributed by atoms with Gasteiger partial charge in [0.05, 0.1) is 22.1 Å². The molecule has 2 fully saturated rings. The van der Waals surface area contributed by atoms with Crippen LogP contribution in [0.25, 0.3) is 44.3 Å². The Kier molecular flexibility index (Phi) is 14.0. The zero-order valence-corrected chi connectivity index (χ0v) is 38.0. The van der Waals surface area contributed by atoms with Gasteiger partial charge >= 0.3 is 0 Å². The molecule has 2 saturated carbocycles. The minimum Gasteiger partial charge on any atom is -0.353 e. The number of aryl methyl sites for hydroxylation is 6. The van der Waals surface area contributed by atoms with Gasteiger partial charge in [0.25, 0.3) is 0 Å². The predicted molar refractivity (Wildman–Crippen MR) is 249 cm³/mol. The van der Waals surface area contributed by atoms with Crippen LogP contribution in [0.1, 0.15) is 137 Å². The Morgan fingerprint density at radius 1 is 0.596 bits per heavy atom. The number of para-hydroxylation sites is 2. The summed E-state index contributed by atoms with van der Waals surface area (Å²) in [6, 6.07) is 24.0. The molecule has 8 rings (SSSR count). The number of anilines is 1. The van der Waals surface area contributed by atoms with Crippen LogP contribution in [0.3, 0.4) is 0 Å². The van der Waals surface area contributed by atoms with Crippen LogP contribution in [-0.2, 0) is 0 Å². The van der Waals surface area contributed by atoms with E-state index in [1.807, 2.05) is 0 Å². The van der Waals surface area contributed by atoms with Crippen LogP contribution in [-0.4, -0.2) is 31.2 Å². The quantitative estimate of drug-likeness (QED) is 0.175. The largest absolute Gasteiger partial charge is 0.353 e. The maximum Gasteiger partial charge on any atom is 0.204 e. The first-order valence-electron chi connectivity index (χ1n) is 21.6. The van der Waals surface area contributed by atoms with Crippen LogP contribution < -0.4 is 11.1 Å². The van der Waals surface area contributed by atoms with Gasteiger partial charge in [0.2, 0.25) is 5.95 Å². The van der Waals surface area contributed by atoms with Crippen LogP contribution in [0, 0.1) is 41.5 Å². The number of rotatable bonds is 6. The molecule has 2 aliphatic rings. The fourth-order valence-corrected chi connectivity index (χ4v) is 10.3. The van der Waals surface area contributed by atoms with Crippen LogP contribution in [0.15, 0.2) is 65.4 Å². The van der Waals surface area contributed by atoms with E-state index in [4.69, 9.17) is 15.7 Å². The van der Waals surface area contributed by atoms with Crippen molar-refractivity contribution in [2.24, 2.45) is 5.73 Å². The second kappa shape index (κ2) is 18.8. The average molecular weight is 832 g/mol. The Hall–Kier alpha value is -3.94. The zero-order valence-electron chi connectivity index (χ0n) is 36.4. The van der Waals surface area contributed by atoms with E-state index in [0.717, 1.165) is 21.7 Å². The first-order chi connectivity index (χ1) is 27.2. The number of nitrogens with two attached hydrogens (primary N) is 1. The first kappa shape index (κ1) is 42.7. The molecule has 0 saturated heterocycles. The van der Waals surface area contributed by atoms with Gasteiger partial charge in [-0.1, -0.05) is 98.2 Å². The van der Waals surface area contributed by atoms with Gasteiger partial charge in [0, 0.05) is 35.3 Å². The summed E-state index contributed by atoms with van der Waals surface area (Å²) in [6.07, 6.45) is 13.2. The third-order valence-electron chi connectivity index (χ3n) is 11.9. The molecule has 0 unspecified atom stereocenters. The van der Waals surface area contributed by atoms with Crippen LogP contribution in [0.4, 0.5) is 5.95 Å². The van der Waals surface area contributed by atoms with Crippen LogP contribution in [0.2, 0.25) is 0 Å². The maximum atomic E-state index is 5.63. The minimum atomic E-state index is 0.367.